The first kappa shape index (κ1) is 13.1. The maximum Gasteiger partial charge on any atom is 0.573 e. The molecule has 0 bridgehead atoms. The molecule has 0 spiro atoms. The topological polar surface area (TPSA) is 38.7 Å². The van der Waals surface area contributed by atoms with E-state index in [9.17, 15) is 18.3 Å². The molecule has 6 heteroatoms. The van der Waals surface area contributed by atoms with Crippen LogP contribution >= 0.6 is 0 Å². The standard InChI is InChI=1S/C13H9F3O3/c14-13(15,16)19-10-7-5-9(6-8-10)18-12-4-2-1-3-11(12)17/h1-8,17H. The summed E-state index contributed by atoms with van der Waals surface area (Å²) in [6.07, 6.45) is -4.72. The number of rotatable bonds is 3. The van der Waals surface area contributed by atoms with Crippen LogP contribution in [0.1, 0.15) is 0 Å². The maximum absolute atomic E-state index is 12.0. The summed E-state index contributed by atoms with van der Waals surface area (Å²) in [6.45, 7) is 0. The van der Waals surface area contributed by atoms with Crippen LogP contribution in [0.3, 0.4) is 0 Å². The van der Waals surface area contributed by atoms with Crippen molar-refractivity contribution in [3.05, 3.63) is 48.5 Å². The molecule has 0 fully saturated rings. The van der Waals surface area contributed by atoms with Crippen LogP contribution in [0.2, 0.25) is 0 Å². The molecule has 0 aliphatic heterocycles. The van der Waals surface area contributed by atoms with E-state index >= 15 is 0 Å². The van der Waals surface area contributed by atoms with E-state index < -0.39 is 6.36 Å². The van der Waals surface area contributed by atoms with Crippen molar-refractivity contribution in [1.29, 1.82) is 0 Å². The van der Waals surface area contributed by atoms with Crippen LogP contribution in [0.25, 0.3) is 0 Å². The van der Waals surface area contributed by atoms with Crippen molar-refractivity contribution in [2.75, 3.05) is 0 Å². The van der Waals surface area contributed by atoms with Crippen molar-refractivity contribution in [2.24, 2.45) is 0 Å². The molecule has 0 atom stereocenters. The molecule has 19 heavy (non-hydrogen) atoms. The van der Waals surface area contributed by atoms with Crippen LogP contribution in [0.4, 0.5) is 13.2 Å². The first-order chi connectivity index (χ1) is 8.94. The zero-order chi connectivity index (χ0) is 13.9. The highest BCUT2D eigenvalue weighted by atomic mass is 19.4. The summed E-state index contributed by atoms with van der Waals surface area (Å²) in [4.78, 5) is 0. The monoisotopic (exact) mass is 270 g/mol. The predicted molar refractivity (Wildman–Crippen MR) is 61.3 cm³/mol. The Morgan fingerprint density at radius 2 is 1.42 bits per heavy atom. The zero-order valence-electron chi connectivity index (χ0n) is 9.52. The normalized spacial score (nSPS) is 11.1. The molecule has 0 amide bonds. The summed E-state index contributed by atoms with van der Waals surface area (Å²) in [7, 11) is 0. The highest BCUT2D eigenvalue weighted by molar-refractivity contribution is 5.42. The minimum Gasteiger partial charge on any atom is -0.504 e. The van der Waals surface area contributed by atoms with E-state index in [1.807, 2.05) is 0 Å². The van der Waals surface area contributed by atoms with E-state index in [1.165, 1.54) is 24.3 Å². The lowest BCUT2D eigenvalue weighted by molar-refractivity contribution is -0.274. The molecule has 2 rings (SSSR count). The lowest BCUT2D eigenvalue weighted by Gasteiger charge is -2.10. The third-order valence-corrected chi connectivity index (χ3v) is 2.15. The SMILES string of the molecule is Oc1ccccc1Oc1ccc(OC(F)(F)F)cc1. The van der Waals surface area contributed by atoms with E-state index in [0.29, 0.717) is 0 Å². The second kappa shape index (κ2) is 5.09. The van der Waals surface area contributed by atoms with Crippen molar-refractivity contribution in [3.63, 3.8) is 0 Å². The van der Waals surface area contributed by atoms with Gasteiger partial charge in [0.15, 0.2) is 11.5 Å². The van der Waals surface area contributed by atoms with Gasteiger partial charge in [0, 0.05) is 0 Å². The van der Waals surface area contributed by atoms with Gasteiger partial charge in [0.05, 0.1) is 0 Å². The molecule has 100 valence electrons. The predicted octanol–water partition coefficient (Wildman–Crippen LogP) is 4.08. The lowest BCUT2D eigenvalue weighted by Crippen LogP contribution is -2.16. The maximum atomic E-state index is 12.0. The van der Waals surface area contributed by atoms with Crippen molar-refractivity contribution in [2.45, 2.75) is 6.36 Å². The van der Waals surface area contributed by atoms with E-state index in [0.717, 1.165) is 12.1 Å². The summed E-state index contributed by atoms with van der Waals surface area (Å²) in [5.74, 6) is 0.110. The van der Waals surface area contributed by atoms with Gasteiger partial charge in [-0.3, -0.25) is 0 Å². The highest BCUT2D eigenvalue weighted by Crippen LogP contribution is 2.31. The average Bonchev–Trinajstić information content (AvgIpc) is 2.33. The second-order valence-electron chi connectivity index (χ2n) is 3.59. The van der Waals surface area contributed by atoms with Gasteiger partial charge in [-0.15, -0.1) is 13.2 Å². The van der Waals surface area contributed by atoms with Crippen molar-refractivity contribution >= 4 is 0 Å². The first-order valence-electron chi connectivity index (χ1n) is 5.26. The van der Waals surface area contributed by atoms with Crippen LogP contribution < -0.4 is 9.47 Å². The lowest BCUT2D eigenvalue weighted by atomic mass is 10.3. The number of hydrogen-bond acceptors (Lipinski definition) is 3. The molecular weight excluding hydrogens is 261 g/mol. The third-order valence-electron chi connectivity index (χ3n) is 2.15. The number of para-hydroxylation sites is 2. The van der Waals surface area contributed by atoms with Gasteiger partial charge in [0.2, 0.25) is 0 Å². The molecular formula is C13H9F3O3. The summed E-state index contributed by atoms with van der Waals surface area (Å²) in [5.41, 5.74) is 0. The smallest absolute Gasteiger partial charge is 0.504 e. The van der Waals surface area contributed by atoms with Gasteiger partial charge < -0.3 is 14.6 Å². The van der Waals surface area contributed by atoms with E-state index in [2.05, 4.69) is 4.74 Å². The van der Waals surface area contributed by atoms with Crippen LogP contribution in [0.15, 0.2) is 48.5 Å². The number of ether oxygens (including phenoxy) is 2. The molecule has 0 aromatic heterocycles. The number of benzene rings is 2. The van der Waals surface area contributed by atoms with Crippen molar-refractivity contribution in [1.82, 2.24) is 0 Å². The zero-order valence-corrected chi connectivity index (χ0v) is 9.52. The van der Waals surface area contributed by atoms with Crippen LogP contribution in [-0.2, 0) is 0 Å². The molecule has 2 aromatic carbocycles. The fraction of sp³-hybridized carbons (Fsp3) is 0.0769. The molecule has 0 heterocycles. The van der Waals surface area contributed by atoms with Crippen LogP contribution in [-0.4, -0.2) is 11.5 Å². The molecule has 3 nitrogen and oxygen atoms in total. The number of aromatic hydroxyl groups is 1. The Morgan fingerprint density at radius 3 is 2.00 bits per heavy atom. The van der Waals surface area contributed by atoms with Gasteiger partial charge >= 0.3 is 6.36 Å². The average molecular weight is 270 g/mol. The van der Waals surface area contributed by atoms with Gasteiger partial charge in [0.25, 0.3) is 0 Å². The Morgan fingerprint density at radius 1 is 0.842 bits per heavy atom. The second-order valence-corrected chi connectivity index (χ2v) is 3.59. The van der Waals surface area contributed by atoms with Gasteiger partial charge in [-0.25, -0.2) is 0 Å². The highest BCUT2D eigenvalue weighted by Gasteiger charge is 2.30. The first-order valence-corrected chi connectivity index (χ1v) is 5.26. The summed E-state index contributed by atoms with van der Waals surface area (Å²) in [5, 5.41) is 9.48. The largest absolute Gasteiger partial charge is 0.573 e. The number of alkyl halides is 3. The Balaban J connectivity index is 2.09. The van der Waals surface area contributed by atoms with Crippen LogP contribution in [0.5, 0.6) is 23.0 Å². The number of phenols is 1. The molecule has 1 N–H and O–H groups in total. The molecule has 2 aromatic rings. The Labute approximate surface area is 106 Å². The van der Waals surface area contributed by atoms with E-state index in [4.69, 9.17) is 4.74 Å². The Bertz CT molecular complexity index is 550. The summed E-state index contributed by atoms with van der Waals surface area (Å²) in [6, 6.07) is 11.2. The van der Waals surface area contributed by atoms with Gasteiger partial charge in [-0.1, -0.05) is 12.1 Å². The molecule has 0 saturated heterocycles. The van der Waals surface area contributed by atoms with Crippen molar-refractivity contribution < 1.29 is 27.8 Å². The van der Waals surface area contributed by atoms with Gasteiger partial charge in [-0.05, 0) is 36.4 Å². The van der Waals surface area contributed by atoms with Gasteiger partial charge in [-0.2, -0.15) is 0 Å². The number of halogens is 3. The van der Waals surface area contributed by atoms with Gasteiger partial charge in [0.1, 0.15) is 11.5 Å². The third kappa shape index (κ3) is 3.80. The van der Waals surface area contributed by atoms with Crippen LogP contribution in [0, 0.1) is 0 Å². The molecule has 0 saturated carbocycles. The molecule has 0 radical (unpaired) electrons. The number of phenolic OH excluding ortho intramolecular Hbond substituents is 1. The summed E-state index contributed by atoms with van der Waals surface area (Å²) >= 11 is 0. The quantitative estimate of drug-likeness (QED) is 0.913. The number of hydrogen-bond donors (Lipinski definition) is 1. The Hall–Kier alpha value is -2.37. The fourth-order valence-electron chi connectivity index (χ4n) is 1.38. The minimum atomic E-state index is -4.72. The van der Waals surface area contributed by atoms with E-state index in [1.54, 1.807) is 12.1 Å². The van der Waals surface area contributed by atoms with Crippen molar-refractivity contribution in [3.8, 4) is 23.0 Å². The molecule has 0 unspecified atom stereocenters. The van der Waals surface area contributed by atoms with E-state index in [-0.39, 0.29) is 23.0 Å². The molecule has 0 aliphatic carbocycles. The minimum absolute atomic E-state index is 0.0573. The summed E-state index contributed by atoms with van der Waals surface area (Å²) < 4.78 is 44.9. The fourth-order valence-corrected chi connectivity index (χ4v) is 1.38. The molecule has 0 aliphatic rings. The Kier molecular flexibility index (Phi) is 3.50.